The molecule has 1 fully saturated rings. The minimum atomic E-state index is 0.325. The Hall–Kier alpha value is -3.77. The zero-order chi connectivity index (χ0) is 23.6. The number of benzene rings is 3. The van der Waals surface area contributed by atoms with Gasteiger partial charge in [0, 0.05) is 10.7 Å². The van der Waals surface area contributed by atoms with Gasteiger partial charge in [-0.15, -0.1) is 0 Å². The van der Waals surface area contributed by atoms with E-state index in [0.29, 0.717) is 11.1 Å². The van der Waals surface area contributed by atoms with Crippen LogP contribution in [0.3, 0.4) is 0 Å². The summed E-state index contributed by atoms with van der Waals surface area (Å²) in [6, 6.07) is 20.7. The third-order valence-electron chi connectivity index (χ3n) is 6.52. The number of anilines is 2. The first kappa shape index (κ1) is 21.7. The topological polar surface area (TPSA) is 68.0 Å². The second-order valence-electron chi connectivity index (χ2n) is 8.94. The number of rotatable bonds is 4. The molecule has 0 radical (unpaired) electrons. The molecule has 2 aromatic carbocycles. The van der Waals surface area contributed by atoms with Gasteiger partial charge in [0.1, 0.15) is 6.33 Å². The maximum absolute atomic E-state index is 6.21. The van der Waals surface area contributed by atoms with E-state index in [9.17, 15) is 0 Å². The molecular weight excluding hydrogens is 456 g/mol. The van der Waals surface area contributed by atoms with E-state index in [-0.39, 0.29) is 0 Å². The van der Waals surface area contributed by atoms with Crippen LogP contribution in [0.15, 0.2) is 84.4 Å². The van der Waals surface area contributed by atoms with E-state index in [0.717, 1.165) is 57.7 Å². The molecule has 6 nitrogen and oxygen atoms in total. The van der Waals surface area contributed by atoms with Gasteiger partial charge in [-0.25, -0.2) is 15.0 Å². The fourth-order valence-corrected chi connectivity index (χ4v) is 4.97. The van der Waals surface area contributed by atoms with Crippen molar-refractivity contribution in [1.82, 2.24) is 19.5 Å². The van der Waals surface area contributed by atoms with Gasteiger partial charge in [0.05, 0.1) is 57.6 Å². The first-order valence-electron chi connectivity index (χ1n) is 12.0. The van der Waals surface area contributed by atoms with Crippen molar-refractivity contribution >= 4 is 34.0 Å². The van der Waals surface area contributed by atoms with Gasteiger partial charge in [-0.3, -0.25) is 4.99 Å². The average Bonchev–Trinajstić information content (AvgIpc) is 2.90. The van der Waals surface area contributed by atoms with Crippen LogP contribution in [0.5, 0.6) is 0 Å². The molecule has 0 unspecified atom stereocenters. The number of hydrogen-bond acceptors (Lipinski definition) is 5. The zero-order valence-corrected chi connectivity index (χ0v) is 20.0. The van der Waals surface area contributed by atoms with Crippen LogP contribution in [0.4, 0.5) is 11.4 Å². The molecule has 2 aliphatic carbocycles. The summed E-state index contributed by atoms with van der Waals surface area (Å²) >= 11 is 6.21. The number of aromatic nitrogens is 4. The molecule has 0 bridgehead atoms. The number of fused-ring (bicyclic) bond motifs is 2. The number of nitrogens with zero attached hydrogens (tertiary/aromatic N) is 5. The molecule has 6 rings (SSSR count). The second-order valence-corrected chi connectivity index (χ2v) is 9.38. The SMILES string of the molecule is Clc1ccc(-n2c3c/c(=N\C4CCCCC4)c(Nc4cncnc4)cc-3nc3ccccc32)cc1. The predicted molar refractivity (Wildman–Crippen MR) is 140 cm³/mol. The molecule has 7 heteroatoms. The summed E-state index contributed by atoms with van der Waals surface area (Å²) in [5.74, 6) is 0. The van der Waals surface area contributed by atoms with Crippen LogP contribution >= 0.6 is 11.6 Å². The van der Waals surface area contributed by atoms with Gasteiger partial charge in [0.2, 0.25) is 0 Å². The molecule has 174 valence electrons. The lowest BCUT2D eigenvalue weighted by atomic mass is 9.96. The minimum absolute atomic E-state index is 0.325. The van der Waals surface area contributed by atoms with Crippen LogP contribution < -0.4 is 10.7 Å². The van der Waals surface area contributed by atoms with Crippen molar-refractivity contribution in [3.05, 3.63) is 89.8 Å². The van der Waals surface area contributed by atoms with Gasteiger partial charge in [0.15, 0.2) is 0 Å². The Labute approximate surface area is 208 Å². The predicted octanol–water partition coefficient (Wildman–Crippen LogP) is 6.55. The summed E-state index contributed by atoms with van der Waals surface area (Å²) in [5, 5.41) is 5.12. The van der Waals surface area contributed by atoms with Crippen molar-refractivity contribution < 1.29 is 0 Å². The first-order chi connectivity index (χ1) is 17.2. The van der Waals surface area contributed by atoms with Gasteiger partial charge in [-0.05, 0) is 61.4 Å². The van der Waals surface area contributed by atoms with Crippen molar-refractivity contribution in [2.24, 2.45) is 4.99 Å². The van der Waals surface area contributed by atoms with E-state index < -0.39 is 0 Å². The molecule has 0 atom stereocenters. The fraction of sp³-hybridized carbons (Fsp3) is 0.214. The monoisotopic (exact) mass is 480 g/mol. The molecule has 1 N–H and O–H groups in total. The van der Waals surface area contributed by atoms with Crippen LogP contribution in [0, 0.1) is 0 Å². The highest BCUT2D eigenvalue weighted by atomic mass is 35.5. The smallest absolute Gasteiger partial charge is 0.115 e. The van der Waals surface area contributed by atoms with Crippen molar-refractivity contribution in [2.45, 2.75) is 38.1 Å². The molecule has 2 heterocycles. The van der Waals surface area contributed by atoms with Crippen molar-refractivity contribution in [3.63, 3.8) is 0 Å². The Bertz CT molecular complexity index is 1500. The van der Waals surface area contributed by atoms with Gasteiger partial charge < -0.3 is 9.88 Å². The van der Waals surface area contributed by atoms with E-state index in [1.54, 1.807) is 12.4 Å². The lowest BCUT2D eigenvalue weighted by molar-refractivity contribution is 0.437. The molecule has 1 aliphatic heterocycles. The highest BCUT2D eigenvalue weighted by Gasteiger charge is 2.18. The number of para-hydroxylation sites is 2. The average molecular weight is 481 g/mol. The molecule has 0 saturated heterocycles. The summed E-state index contributed by atoms with van der Waals surface area (Å²) in [7, 11) is 0. The Morgan fingerprint density at radius 2 is 1.69 bits per heavy atom. The molecule has 0 amide bonds. The second kappa shape index (κ2) is 9.47. The number of hydrogen-bond donors (Lipinski definition) is 1. The minimum Gasteiger partial charge on any atom is -0.351 e. The summed E-state index contributed by atoms with van der Waals surface area (Å²) in [6.07, 6.45) is 11.1. The summed E-state index contributed by atoms with van der Waals surface area (Å²) in [5.41, 5.74) is 6.57. The Kier molecular flexibility index (Phi) is 5.88. The first-order valence-corrected chi connectivity index (χ1v) is 12.4. The largest absolute Gasteiger partial charge is 0.351 e. The van der Waals surface area contributed by atoms with E-state index in [1.165, 1.54) is 25.6 Å². The van der Waals surface area contributed by atoms with E-state index in [2.05, 4.69) is 38.1 Å². The number of halogens is 1. The van der Waals surface area contributed by atoms with Gasteiger partial charge >= 0.3 is 0 Å². The van der Waals surface area contributed by atoms with Gasteiger partial charge in [-0.2, -0.15) is 0 Å². The lowest BCUT2D eigenvalue weighted by Gasteiger charge is -2.21. The Balaban J connectivity index is 1.62. The van der Waals surface area contributed by atoms with Gasteiger partial charge in [0.25, 0.3) is 0 Å². The highest BCUT2D eigenvalue weighted by Crippen LogP contribution is 2.31. The lowest BCUT2D eigenvalue weighted by Crippen LogP contribution is -2.19. The molecule has 0 spiro atoms. The molecule has 1 saturated carbocycles. The van der Waals surface area contributed by atoms with Crippen LogP contribution in [0.25, 0.3) is 28.1 Å². The third kappa shape index (κ3) is 4.49. The van der Waals surface area contributed by atoms with Gasteiger partial charge in [-0.1, -0.05) is 43.0 Å². The molecule has 35 heavy (non-hydrogen) atoms. The summed E-state index contributed by atoms with van der Waals surface area (Å²) in [6.45, 7) is 0. The Morgan fingerprint density at radius 3 is 2.49 bits per heavy atom. The zero-order valence-electron chi connectivity index (χ0n) is 19.2. The quantitative estimate of drug-likeness (QED) is 0.296. The summed E-state index contributed by atoms with van der Waals surface area (Å²) in [4.78, 5) is 18.6. The van der Waals surface area contributed by atoms with Crippen LogP contribution in [0.1, 0.15) is 32.1 Å². The van der Waals surface area contributed by atoms with Crippen molar-refractivity contribution in [2.75, 3.05) is 5.32 Å². The Morgan fingerprint density at radius 1 is 0.914 bits per heavy atom. The standard InChI is InChI=1S/C28H25ClN6/c29-19-10-12-22(13-11-19)35-27-9-5-4-8-23(27)34-26-14-24(33-21-16-30-18-31-17-21)25(15-28(26)35)32-20-6-2-1-3-7-20/h4-5,8-18,20,33H,1-3,6-7H2/b32-25+. The third-order valence-corrected chi connectivity index (χ3v) is 6.77. The van der Waals surface area contributed by atoms with Crippen molar-refractivity contribution in [1.29, 1.82) is 0 Å². The summed E-state index contributed by atoms with van der Waals surface area (Å²) < 4.78 is 2.24. The van der Waals surface area contributed by atoms with Crippen LogP contribution in [0.2, 0.25) is 5.02 Å². The molecule has 3 aliphatic rings. The van der Waals surface area contributed by atoms with E-state index >= 15 is 0 Å². The molecule has 1 aromatic heterocycles. The normalized spacial score (nSPS) is 15.1. The number of nitrogens with one attached hydrogen (secondary N) is 1. The highest BCUT2D eigenvalue weighted by molar-refractivity contribution is 6.30. The maximum atomic E-state index is 6.21. The van der Waals surface area contributed by atoms with Crippen LogP contribution in [-0.4, -0.2) is 25.6 Å². The van der Waals surface area contributed by atoms with Crippen molar-refractivity contribution in [3.8, 4) is 17.1 Å². The van der Waals surface area contributed by atoms with E-state index in [4.69, 9.17) is 21.6 Å². The van der Waals surface area contributed by atoms with Crippen LogP contribution in [-0.2, 0) is 0 Å². The van der Waals surface area contributed by atoms with E-state index in [1.807, 2.05) is 42.5 Å². The maximum Gasteiger partial charge on any atom is 0.115 e. The molecular formula is C28H25ClN6. The molecule has 3 aromatic rings. The fourth-order valence-electron chi connectivity index (χ4n) is 4.84.